The fourth-order valence-electron chi connectivity index (χ4n) is 2.67. The van der Waals surface area contributed by atoms with Crippen molar-refractivity contribution in [2.75, 3.05) is 18.1 Å². The number of para-hydroxylation sites is 1. The Morgan fingerprint density at radius 1 is 1.14 bits per heavy atom. The van der Waals surface area contributed by atoms with Crippen LogP contribution in [0.5, 0.6) is 0 Å². The predicted octanol–water partition coefficient (Wildman–Crippen LogP) is 4.75. The summed E-state index contributed by atoms with van der Waals surface area (Å²) in [5.74, 6) is -0.942. The molecule has 146 valence electrons. The van der Waals surface area contributed by atoms with Crippen molar-refractivity contribution in [3.8, 4) is 0 Å². The standard InChI is InChI=1S/C20H16F3NO3S/c1-2-27-18(25)12-24-15-5-3-4-6-16(15)28-17(19(24)26)11-13-7-9-14(10-8-13)20(21,22)23/h3-11H,2,12H2,1H3/b17-11-. The average molecular weight is 407 g/mol. The van der Waals surface area contributed by atoms with Crippen LogP contribution in [-0.4, -0.2) is 25.0 Å². The molecule has 0 N–H and O–H groups in total. The van der Waals surface area contributed by atoms with Crippen LogP contribution in [0.1, 0.15) is 18.1 Å². The van der Waals surface area contributed by atoms with E-state index in [0.29, 0.717) is 16.2 Å². The van der Waals surface area contributed by atoms with Crippen molar-refractivity contribution < 1.29 is 27.5 Å². The number of hydrogen-bond donors (Lipinski definition) is 0. The Morgan fingerprint density at radius 2 is 1.82 bits per heavy atom. The molecule has 0 unspecified atom stereocenters. The lowest BCUT2D eigenvalue weighted by molar-refractivity contribution is -0.142. The Hall–Kier alpha value is -2.74. The first-order chi connectivity index (χ1) is 13.3. The van der Waals surface area contributed by atoms with Crippen LogP contribution in [0.25, 0.3) is 6.08 Å². The second-order valence-electron chi connectivity index (χ2n) is 5.89. The number of anilines is 1. The van der Waals surface area contributed by atoms with E-state index in [0.717, 1.165) is 17.0 Å². The van der Waals surface area contributed by atoms with Crippen LogP contribution >= 0.6 is 11.8 Å². The van der Waals surface area contributed by atoms with Crippen molar-refractivity contribution in [2.24, 2.45) is 0 Å². The lowest BCUT2D eigenvalue weighted by Crippen LogP contribution is -2.39. The van der Waals surface area contributed by atoms with Gasteiger partial charge in [0.25, 0.3) is 5.91 Å². The van der Waals surface area contributed by atoms with E-state index in [-0.39, 0.29) is 13.2 Å². The van der Waals surface area contributed by atoms with Gasteiger partial charge < -0.3 is 4.74 Å². The fraction of sp³-hybridized carbons (Fsp3) is 0.200. The molecule has 0 bridgehead atoms. The van der Waals surface area contributed by atoms with Crippen LogP contribution in [0.2, 0.25) is 0 Å². The minimum Gasteiger partial charge on any atom is -0.465 e. The number of hydrogen-bond acceptors (Lipinski definition) is 4. The van der Waals surface area contributed by atoms with Gasteiger partial charge in [-0.3, -0.25) is 14.5 Å². The monoisotopic (exact) mass is 407 g/mol. The molecule has 1 aliphatic heterocycles. The van der Waals surface area contributed by atoms with Gasteiger partial charge >= 0.3 is 12.1 Å². The van der Waals surface area contributed by atoms with Gasteiger partial charge in [-0.1, -0.05) is 36.0 Å². The Morgan fingerprint density at radius 3 is 2.46 bits per heavy atom. The van der Waals surface area contributed by atoms with E-state index in [2.05, 4.69) is 0 Å². The van der Waals surface area contributed by atoms with E-state index >= 15 is 0 Å². The van der Waals surface area contributed by atoms with Gasteiger partial charge in [0.1, 0.15) is 6.54 Å². The van der Waals surface area contributed by atoms with Crippen molar-refractivity contribution >= 4 is 35.4 Å². The first-order valence-electron chi connectivity index (χ1n) is 8.43. The van der Waals surface area contributed by atoms with Crippen LogP contribution in [0.4, 0.5) is 18.9 Å². The molecule has 0 radical (unpaired) electrons. The zero-order valence-corrected chi connectivity index (χ0v) is 15.6. The minimum absolute atomic E-state index is 0.200. The number of carbonyl (C=O) groups is 2. The number of esters is 1. The summed E-state index contributed by atoms with van der Waals surface area (Å²) in [6.07, 6.45) is -2.91. The summed E-state index contributed by atoms with van der Waals surface area (Å²) in [5, 5.41) is 0. The van der Waals surface area contributed by atoms with Gasteiger partial charge in [0, 0.05) is 4.90 Å². The van der Waals surface area contributed by atoms with Crippen molar-refractivity contribution in [3.63, 3.8) is 0 Å². The molecule has 3 rings (SSSR count). The molecule has 0 saturated carbocycles. The molecular formula is C20H16F3NO3S. The minimum atomic E-state index is -4.42. The van der Waals surface area contributed by atoms with Crippen molar-refractivity contribution in [3.05, 3.63) is 64.6 Å². The van der Waals surface area contributed by atoms with Crippen LogP contribution in [0.3, 0.4) is 0 Å². The van der Waals surface area contributed by atoms with E-state index in [4.69, 9.17) is 4.74 Å². The van der Waals surface area contributed by atoms with E-state index < -0.39 is 23.6 Å². The van der Waals surface area contributed by atoms with Gasteiger partial charge in [-0.15, -0.1) is 0 Å². The number of ether oxygens (including phenoxy) is 1. The molecule has 0 aromatic heterocycles. The summed E-state index contributed by atoms with van der Waals surface area (Å²) < 4.78 is 43.1. The molecule has 8 heteroatoms. The number of thioether (sulfide) groups is 1. The fourth-order valence-corrected chi connectivity index (χ4v) is 3.73. The first-order valence-corrected chi connectivity index (χ1v) is 9.24. The number of amides is 1. The average Bonchev–Trinajstić information content (AvgIpc) is 2.65. The second kappa shape index (κ2) is 8.10. The van der Waals surface area contributed by atoms with Crippen molar-refractivity contribution in [2.45, 2.75) is 18.0 Å². The highest BCUT2D eigenvalue weighted by Crippen LogP contribution is 2.42. The molecule has 4 nitrogen and oxygen atoms in total. The second-order valence-corrected chi connectivity index (χ2v) is 6.98. The van der Waals surface area contributed by atoms with E-state index in [1.807, 2.05) is 6.07 Å². The topological polar surface area (TPSA) is 46.6 Å². The quantitative estimate of drug-likeness (QED) is 0.542. The van der Waals surface area contributed by atoms with E-state index in [9.17, 15) is 22.8 Å². The van der Waals surface area contributed by atoms with Gasteiger partial charge in [-0.05, 0) is 42.8 Å². The Bertz CT molecular complexity index is 923. The molecule has 0 aliphatic carbocycles. The van der Waals surface area contributed by atoms with Gasteiger partial charge in [0.15, 0.2) is 0 Å². The summed E-state index contributed by atoms with van der Waals surface area (Å²) in [7, 11) is 0. The lowest BCUT2D eigenvalue weighted by atomic mass is 10.1. The molecule has 1 heterocycles. The zero-order chi connectivity index (χ0) is 20.3. The number of nitrogens with zero attached hydrogens (tertiary/aromatic N) is 1. The van der Waals surface area contributed by atoms with Crippen molar-refractivity contribution in [1.82, 2.24) is 0 Å². The Balaban J connectivity index is 1.93. The van der Waals surface area contributed by atoms with Gasteiger partial charge in [-0.2, -0.15) is 13.2 Å². The van der Waals surface area contributed by atoms with Crippen molar-refractivity contribution in [1.29, 1.82) is 0 Å². The molecule has 0 saturated heterocycles. The van der Waals surface area contributed by atoms with Gasteiger partial charge in [-0.25, -0.2) is 0 Å². The molecule has 1 aliphatic rings. The summed E-state index contributed by atoms with van der Waals surface area (Å²) in [5.41, 5.74) is 0.293. The first kappa shape index (κ1) is 20.0. The number of carbonyl (C=O) groups excluding carboxylic acids is 2. The molecule has 0 atom stereocenters. The smallest absolute Gasteiger partial charge is 0.416 e. The van der Waals surface area contributed by atoms with E-state index in [1.54, 1.807) is 25.1 Å². The highest BCUT2D eigenvalue weighted by atomic mass is 32.2. The zero-order valence-electron chi connectivity index (χ0n) is 14.8. The van der Waals surface area contributed by atoms with Crippen LogP contribution < -0.4 is 4.90 Å². The number of halogens is 3. The van der Waals surface area contributed by atoms with Crippen LogP contribution in [0, 0.1) is 0 Å². The maximum absolute atomic E-state index is 12.9. The largest absolute Gasteiger partial charge is 0.465 e. The predicted molar refractivity (Wildman–Crippen MR) is 101 cm³/mol. The molecular weight excluding hydrogens is 391 g/mol. The summed E-state index contributed by atoms with van der Waals surface area (Å²) in [6.45, 7) is 1.63. The Kier molecular flexibility index (Phi) is 5.79. The normalized spacial score (nSPS) is 15.5. The SMILES string of the molecule is CCOC(=O)CN1C(=O)/C(=C/c2ccc(C(F)(F)F)cc2)Sc2ccccc21. The van der Waals surface area contributed by atoms with Crippen LogP contribution in [-0.2, 0) is 20.5 Å². The van der Waals surface area contributed by atoms with Gasteiger partial charge in [0.2, 0.25) is 0 Å². The maximum Gasteiger partial charge on any atom is 0.416 e. The third-order valence-corrected chi connectivity index (χ3v) is 5.04. The highest BCUT2D eigenvalue weighted by Gasteiger charge is 2.32. The lowest BCUT2D eigenvalue weighted by Gasteiger charge is -2.29. The highest BCUT2D eigenvalue weighted by molar-refractivity contribution is 8.04. The van der Waals surface area contributed by atoms with Crippen LogP contribution in [0.15, 0.2) is 58.3 Å². The molecule has 0 spiro atoms. The molecule has 0 fully saturated rings. The summed E-state index contributed by atoms with van der Waals surface area (Å²) >= 11 is 1.21. The molecule has 2 aromatic rings. The number of benzene rings is 2. The van der Waals surface area contributed by atoms with E-state index in [1.165, 1.54) is 34.9 Å². The van der Waals surface area contributed by atoms with Gasteiger partial charge in [0.05, 0.1) is 22.8 Å². The number of rotatable bonds is 4. The Labute approximate surface area is 164 Å². The third-order valence-electron chi connectivity index (χ3n) is 3.96. The molecule has 2 aromatic carbocycles. The third kappa shape index (κ3) is 4.39. The number of alkyl halides is 3. The maximum atomic E-state index is 12.9. The summed E-state index contributed by atoms with van der Waals surface area (Å²) in [4.78, 5) is 27.2. The molecule has 1 amide bonds. The summed E-state index contributed by atoms with van der Waals surface area (Å²) in [6, 6.07) is 11.7. The molecule has 28 heavy (non-hydrogen) atoms. The number of fused-ring (bicyclic) bond motifs is 1.